The average molecular weight is 375 g/mol. The summed E-state index contributed by atoms with van der Waals surface area (Å²) < 4.78 is 27.5. The maximum atomic E-state index is 13.2. The number of benzene rings is 2. The van der Waals surface area contributed by atoms with Crippen LogP contribution in [-0.2, 0) is 14.8 Å². The van der Waals surface area contributed by atoms with Crippen molar-refractivity contribution in [3.8, 4) is 0 Å². The van der Waals surface area contributed by atoms with E-state index in [-0.39, 0.29) is 17.3 Å². The molecule has 0 aliphatic heterocycles. The van der Waals surface area contributed by atoms with Crippen LogP contribution in [0.4, 0.5) is 5.69 Å². The van der Waals surface area contributed by atoms with Crippen molar-refractivity contribution in [1.82, 2.24) is 5.32 Å². The van der Waals surface area contributed by atoms with Gasteiger partial charge in [0.2, 0.25) is 5.91 Å². The van der Waals surface area contributed by atoms with Crippen LogP contribution in [0.1, 0.15) is 31.9 Å². The molecule has 0 fully saturated rings. The minimum Gasteiger partial charge on any atom is -0.350 e. The minimum atomic E-state index is -3.86. The Balaban J connectivity index is 2.44. The molecule has 1 amide bonds. The van der Waals surface area contributed by atoms with Crippen molar-refractivity contribution in [3.05, 3.63) is 59.7 Å². The van der Waals surface area contributed by atoms with E-state index in [9.17, 15) is 13.2 Å². The van der Waals surface area contributed by atoms with Crippen molar-refractivity contribution in [3.63, 3.8) is 0 Å². The molecule has 0 radical (unpaired) electrons. The monoisotopic (exact) mass is 374 g/mol. The SMILES string of the molecule is Cc1ccc(N(CC(=O)NC(C)(C)C)S(=O)(=O)c2ccc(C)cc2)cc1. The lowest BCUT2D eigenvalue weighted by atomic mass is 10.1. The third kappa shape index (κ3) is 5.08. The number of hydrogen-bond acceptors (Lipinski definition) is 3. The number of carbonyl (C=O) groups excluding carboxylic acids is 1. The van der Waals surface area contributed by atoms with Crippen molar-refractivity contribution in [1.29, 1.82) is 0 Å². The van der Waals surface area contributed by atoms with Gasteiger partial charge in [-0.05, 0) is 58.9 Å². The lowest BCUT2D eigenvalue weighted by molar-refractivity contribution is -0.121. The Kier molecular flexibility index (Phi) is 5.76. The van der Waals surface area contributed by atoms with Crippen molar-refractivity contribution in [2.75, 3.05) is 10.8 Å². The van der Waals surface area contributed by atoms with E-state index in [1.165, 1.54) is 0 Å². The zero-order valence-corrected chi connectivity index (χ0v) is 16.7. The number of anilines is 1. The van der Waals surface area contributed by atoms with Crippen LogP contribution in [0, 0.1) is 13.8 Å². The predicted octanol–water partition coefficient (Wildman–Crippen LogP) is 3.41. The lowest BCUT2D eigenvalue weighted by Crippen LogP contribution is -2.47. The Bertz CT molecular complexity index is 865. The summed E-state index contributed by atoms with van der Waals surface area (Å²) >= 11 is 0. The zero-order chi connectivity index (χ0) is 19.5. The number of rotatable bonds is 5. The number of aryl methyl sites for hydroxylation is 2. The molecule has 2 aromatic carbocycles. The number of carbonyl (C=O) groups is 1. The third-order valence-corrected chi connectivity index (χ3v) is 5.52. The maximum absolute atomic E-state index is 13.2. The Morgan fingerprint density at radius 3 is 1.85 bits per heavy atom. The molecule has 0 heterocycles. The number of sulfonamides is 1. The average Bonchev–Trinajstić information content (AvgIpc) is 2.52. The van der Waals surface area contributed by atoms with Gasteiger partial charge >= 0.3 is 0 Å². The number of hydrogen-bond donors (Lipinski definition) is 1. The fraction of sp³-hybridized carbons (Fsp3) is 0.350. The smallest absolute Gasteiger partial charge is 0.264 e. The first-order valence-electron chi connectivity index (χ1n) is 8.46. The summed E-state index contributed by atoms with van der Waals surface area (Å²) in [5.74, 6) is -0.353. The highest BCUT2D eigenvalue weighted by Gasteiger charge is 2.28. The predicted molar refractivity (Wildman–Crippen MR) is 105 cm³/mol. The van der Waals surface area contributed by atoms with E-state index in [4.69, 9.17) is 0 Å². The maximum Gasteiger partial charge on any atom is 0.264 e. The van der Waals surface area contributed by atoms with Gasteiger partial charge in [-0.1, -0.05) is 35.4 Å². The van der Waals surface area contributed by atoms with Gasteiger partial charge in [-0.2, -0.15) is 0 Å². The molecule has 0 atom stereocenters. The van der Waals surface area contributed by atoms with Crippen molar-refractivity contribution >= 4 is 21.6 Å². The van der Waals surface area contributed by atoms with E-state index in [1.54, 1.807) is 36.4 Å². The zero-order valence-electron chi connectivity index (χ0n) is 15.9. The first-order valence-corrected chi connectivity index (χ1v) is 9.90. The Morgan fingerprint density at radius 2 is 1.38 bits per heavy atom. The summed E-state index contributed by atoms with van der Waals surface area (Å²) in [6.45, 7) is 9.11. The van der Waals surface area contributed by atoms with Gasteiger partial charge in [0.15, 0.2) is 0 Å². The molecular weight excluding hydrogens is 348 g/mol. The molecular formula is C20H26N2O3S. The van der Waals surface area contributed by atoms with Crippen molar-refractivity contribution in [2.45, 2.75) is 45.1 Å². The molecule has 1 N–H and O–H groups in total. The summed E-state index contributed by atoms with van der Waals surface area (Å²) in [4.78, 5) is 12.6. The van der Waals surface area contributed by atoms with Gasteiger partial charge < -0.3 is 5.32 Å². The van der Waals surface area contributed by atoms with Gasteiger partial charge in [-0.15, -0.1) is 0 Å². The third-order valence-electron chi connectivity index (χ3n) is 3.73. The van der Waals surface area contributed by atoms with E-state index in [0.29, 0.717) is 5.69 Å². The fourth-order valence-electron chi connectivity index (χ4n) is 2.45. The molecule has 2 rings (SSSR count). The van der Waals surface area contributed by atoms with E-state index >= 15 is 0 Å². The second-order valence-corrected chi connectivity index (χ2v) is 9.32. The van der Waals surface area contributed by atoms with Crippen LogP contribution in [0.3, 0.4) is 0 Å². The second kappa shape index (κ2) is 7.50. The standard InChI is InChI=1S/C20H26N2O3S/c1-15-6-10-17(11-7-15)22(14-19(23)21-20(3,4)5)26(24,25)18-12-8-16(2)9-13-18/h6-13H,14H2,1-5H3,(H,21,23). The summed E-state index contributed by atoms with van der Waals surface area (Å²) in [5, 5.41) is 2.82. The van der Waals surface area contributed by atoms with Gasteiger partial charge in [0.25, 0.3) is 10.0 Å². The van der Waals surface area contributed by atoms with Crippen LogP contribution in [0.25, 0.3) is 0 Å². The lowest BCUT2D eigenvalue weighted by Gasteiger charge is -2.27. The van der Waals surface area contributed by atoms with Crippen LogP contribution in [-0.4, -0.2) is 26.4 Å². The normalized spacial score (nSPS) is 11.9. The Labute approximate surface area is 156 Å². The molecule has 2 aromatic rings. The summed E-state index contributed by atoms with van der Waals surface area (Å²) in [5.41, 5.74) is 2.00. The molecule has 0 unspecified atom stereocenters. The van der Waals surface area contributed by atoms with E-state index in [2.05, 4.69) is 5.32 Å². The van der Waals surface area contributed by atoms with Crippen LogP contribution in [0.15, 0.2) is 53.4 Å². The Hall–Kier alpha value is -2.34. The van der Waals surface area contributed by atoms with Gasteiger partial charge in [-0.25, -0.2) is 8.42 Å². The van der Waals surface area contributed by atoms with Crippen molar-refractivity contribution in [2.24, 2.45) is 0 Å². The molecule has 0 bridgehead atoms. The topological polar surface area (TPSA) is 66.5 Å². The molecule has 140 valence electrons. The van der Waals surface area contributed by atoms with Crippen LogP contribution < -0.4 is 9.62 Å². The van der Waals surface area contributed by atoms with Gasteiger partial charge in [0.1, 0.15) is 6.54 Å². The highest BCUT2D eigenvalue weighted by Crippen LogP contribution is 2.24. The van der Waals surface area contributed by atoms with E-state index in [1.807, 2.05) is 46.8 Å². The highest BCUT2D eigenvalue weighted by atomic mass is 32.2. The van der Waals surface area contributed by atoms with Crippen LogP contribution in [0.2, 0.25) is 0 Å². The number of nitrogens with one attached hydrogen (secondary N) is 1. The van der Waals surface area contributed by atoms with E-state index in [0.717, 1.165) is 15.4 Å². The van der Waals surface area contributed by atoms with Crippen molar-refractivity contribution < 1.29 is 13.2 Å². The summed E-state index contributed by atoms with van der Waals surface area (Å²) in [7, 11) is -3.86. The second-order valence-electron chi connectivity index (χ2n) is 7.46. The largest absolute Gasteiger partial charge is 0.350 e. The molecule has 0 spiro atoms. The molecule has 0 aliphatic carbocycles. The van der Waals surface area contributed by atoms with Gasteiger partial charge in [0, 0.05) is 5.54 Å². The summed E-state index contributed by atoms with van der Waals surface area (Å²) in [6, 6.07) is 13.7. The molecule has 0 saturated carbocycles. The molecule has 0 aliphatic rings. The fourth-order valence-corrected chi connectivity index (χ4v) is 3.87. The summed E-state index contributed by atoms with van der Waals surface area (Å²) in [6.07, 6.45) is 0. The molecule has 5 nitrogen and oxygen atoms in total. The minimum absolute atomic E-state index is 0.159. The molecule has 26 heavy (non-hydrogen) atoms. The van der Waals surface area contributed by atoms with Crippen LogP contribution >= 0.6 is 0 Å². The number of amides is 1. The first-order chi connectivity index (χ1) is 12.0. The molecule has 0 saturated heterocycles. The number of nitrogens with zero attached hydrogens (tertiary/aromatic N) is 1. The van der Waals surface area contributed by atoms with Gasteiger partial charge in [0.05, 0.1) is 10.6 Å². The van der Waals surface area contributed by atoms with E-state index < -0.39 is 15.6 Å². The molecule has 6 heteroatoms. The van der Waals surface area contributed by atoms with Crippen LogP contribution in [0.5, 0.6) is 0 Å². The quantitative estimate of drug-likeness (QED) is 0.872. The highest BCUT2D eigenvalue weighted by molar-refractivity contribution is 7.92. The Morgan fingerprint density at radius 1 is 0.923 bits per heavy atom. The first kappa shape index (κ1) is 20.0. The van der Waals surface area contributed by atoms with Gasteiger partial charge in [-0.3, -0.25) is 9.10 Å². The molecule has 0 aromatic heterocycles.